The van der Waals surface area contributed by atoms with Crippen molar-refractivity contribution in [3.05, 3.63) is 53.0 Å². The number of carbonyl (C=O) groups is 1. The molecule has 1 atom stereocenters. The summed E-state index contributed by atoms with van der Waals surface area (Å²) < 4.78 is 6.75. The van der Waals surface area contributed by atoms with E-state index in [0.717, 1.165) is 16.8 Å². The lowest BCUT2D eigenvalue weighted by Crippen LogP contribution is -2.35. The van der Waals surface area contributed by atoms with Crippen molar-refractivity contribution in [2.24, 2.45) is 5.92 Å². The van der Waals surface area contributed by atoms with Gasteiger partial charge in [0.25, 0.3) is 0 Å². The monoisotopic (exact) mass is 415 g/mol. The summed E-state index contributed by atoms with van der Waals surface area (Å²) in [6, 6.07) is 17.0. The molecule has 1 unspecified atom stereocenters. The Morgan fingerprint density at radius 2 is 1.77 bits per heavy atom. The third-order valence-electron chi connectivity index (χ3n) is 3.75. The van der Waals surface area contributed by atoms with Gasteiger partial charge in [0.1, 0.15) is 11.5 Å². The van der Waals surface area contributed by atoms with Crippen LogP contribution in [0.3, 0.4) is 0 Å². The molecule has 0 aliphatic carbocycles. The predicted molar refractivity (Wildman–Crippen MR) is 106 cm³/mol. The molecule has 0 aromatic heterocycles. The summed E-state index contributed by atoms with van der Waals surface area (Å²) in [4.78, 5) is 14.1. The minimum absolute atomic E-state index is 0.0985. The quantitative estimate of drug-likeness (QED) is 0.680. The highest BCUT2D eigenvalue weighted by Gasteiger charge is 2.12. The van der Waals surface area contributed by atoms with Gasteiger partial charge in [0, 0.05) is 16.7 Å². The van der Waals surface area contributed by atoms with Gasteiger partial charge in [-0.2, -0.15) is 5.26 Å². The highest BCUT2D eigenvalue weighted by molar-refractivity contribution is 9.10. The van der Waals surface area contributed by atoms with Crippen molar-refractivity contribution in [1.29, 1.82) is 5.26 Å². The zero-order chi connectivity index (χ0) is 18.9. The Labute approximate surface area is 162 Å². The van der Waals surface area contributed by atoms with Crippen LogP contribution in [0.15, 0.2) is 53.0 Å². The van der Waals surface area contributed by atoms with Crippen LogP contribution >= 0.6 is 15.9 Å². The number of nitriles is 1. The minimum atomic E-state index is -0.0993. The van der Waals surface area contributed by atoms with Crippen molar-refractivity contribution < 1.29 is 9.53 Å². The van der Waals surface area contributed by atoms with Gasteiger partial charge in [0.15, 0.2) is 0 Å². The second kappa shape index (κ2) is 9.95. The van der Waals surface area contributed by atoms with Crippen molar-refractivity contribution in [3.63, 3.8) is 0 Å². The SMILES string of the molecule is CCN(CC(=O)Nc1ccc(Oc2ccc(Br)cc2)cc1)CC(C)C#N. The average Bonchev–Trinajstić information content (AvgIpc) is 2.64. The molecular formula is C20H22BrN3O2. The molecule has 2 aromatic rings. The number of halogens is 1. The first-order chi connectivity index (χ1) is 12.5. The van der Waals surface area contributed by atoms with Crippen LogP contribution < -0.4 is 10.1 Å². The molecule has 1 N–H and O–H groups in total. The van der Waals surface area contributed by atoms with Gasteiger partial charge in [-0.3, -0.25) is 9.69 Å². The van der Waals surface area contributed by atoms with Crippen molar-refractivity contribution in [3.8, 4) is 17.6 Å². The number of nitrogens with one attached hydrogen (secondary N) is 1. The topological polar surface area (TPSA) is 65.4 Å². The molecule has 136 valence electrons. The van der Waals surface area contributed by atoms with E-state index in [1.807, 2.05) is 55.1 Å². The zero-order valence-corrected chi connectivity index (χ0v) is 16.5. The number of carbonyl (C=O) groups excluding carboxylic acids is 1. The molecule has 0 radical (unpaired) electrons. The van der Waals surface area contributed by atoms with Crippen LogP contribution in [0.25, 0.3) is 0 Å². The second-order valence-corrected chi connectivity index (χ2v) is 6.90. The molecule has 0 saturated carbocycles. The van der Waals surface area contributed by atoms with E-state index >= 15 is 0 Å². The Morgan fingerprint density at radius 3 is 2.31 bits per heavy atom. The molecule has 5 nitrogen and oxygen atoms in total. The average molecular weight is 416 g/mol. The van der Waals surface area contributed by atoms with E-state index in [1.165, 1.54) is 0 Å². The number of nitrogens with zero attached hydrogens (tertiary/aromatic N) is 2. The van der Waals surface area contributed by atoms with Gasteiger partial charge in [-0.05, 0) is 62.0 Å². The summed E-state index contributed by atoms with van der Waals surface area (Å²) in [5.74, 6) is 1.25. The maximum Gasteiger partial charge on any atom is 0.238 e. The predicted octanol–water partition coefficient (Wildman–Crippen LogP) is 4.66. The molecule has 0 heterocycles. The molecule has 1 amide bonds. The third kappa shape index (κ3) is 6.51. The molecule has 0 saturated heterocycles. The fourth-order valence-corrected chi connectivity index (χ4v) is 2.65. The van der Waals surface area contributed by atoms with E-state index in [4.69, 9.17) is 10.00 Å². The van der Waals surface area contributed by atoms with Crippen molar-refractivity contribution in [1.82, 2.24) is 4.90 Å². The minimum Gasteiger partial charge on any atom is -0.457 e. The lowest BCUT2D eigenvalue weighted by molar-refractivity contribution is -0.117. The van der Waals surface area contributed by atoms with Crippen molar-refractivity contribution in [2.45, 2.75) is 13.8 Å². The molecule has 0 spiro atoms. The van der Waals surface area contributed by atoms with Crippen molar-refractivity contribution >= 4 is 27.5 Å². The maximum atomic E-state index is 12.2. The number of hydrogen-bond donors (Lipinski definition) is 1. The zero-order valence-electron chi connectivity index (χ0n) is 14.9. The number of benzene rings is 2. The van der Waals surface area contributed by atoms with Gasteiger partial charge in [-0.25, -0.2) is 0 Å². The van der Waals surface area contributed by atoms with E-state index in [9.17, 15) is 4.79 Å². The number of amides is 1. The van der Waals surface area contributed by atoms with E-state index in [1.54, 1.807) is 12.1 Å². The largest absolute Gasteiger partial charge is 0.457 e. The highest BCUT2D eigenvalue weighted by Crippen LogP contribution is 2.24. The lowest BCUT2D eigenvalue weighted by atomic mass is 10.2. The lowest BCUT2D eigenvalue weighted by Gasteiger charge is -2.20. The molecule has 0 fully saturated rings. The molecule has 0 aliphatic rings. The van der Waals surface area contributed by atoms with E-state index < -0.39 is 0 Å². The smallest absolute Gasteiger partial charge is 0.238 e. The maximum absolute atomic E-state index is 12.2. The summed E-state index contributed by atoms with van der Waals surface area (Å²) in [5.41, 5.74) is 0.711. The van der Waals surface area contributed by atoms with E-state index in [-0.39, 0.29) is 18.4 Å². The van der Waals surface area contributed by atoms with Crippen LogP contribution in [0, 0.1) is 17.2 Å². The first-order valence-electron chi connectivity index (χ1n) is 8.45. The van der Waals surface area contributed by atoms with E-state index in [0.29, 0.717) is 18.0 Å². The molecule has 2 aromatic carbocycles. The van der Waals surface area contributed by atoms with Crippen molar-refractivity contribution in [2.75, 3.05) is 25.0 Å². The Balaban J connectivity index is 1.88. The van der Waals surface area contributed by atoms with Crippen LogP contribution in [0.1, 0.15) is 13.8 Å². The fraction of sp³-hybridized carbons (Fsp3) is 0.300. The second-order valence-electron chi connectivity index (χ2n) is 5.99. The molecular weight excluding hydrogens is 394 g/mol. The number of likely N-dealkylation sites (N-methyl/N-ethyl adjacent to an activating group) is 1. The van der Waals surface area contributed by atoms with Crippen LogP contribution in [0.5, 0.6) is 11.5 Å². The fourth-order valence-electron chi connectivity index (χ4n) is 2.38. The van der Waals surface area contributed by atoms with Crippen LogP contribution in [-0.2, 0) is 4.79 Å². The summed E-state index contributed by atoms with van der Waals surface area (Å²) >= 11 is 3.39. The van der Waals surface area contributed by atoms with Gasteiger partial charge < -0.3 is 10.1 Å². The van der Waals surface area contributed by atoms with Gasteiger partial charge in [0.05, 0.1) is 18.5 Å². The highest BCUT2D eigenvalue weighted by atomic mass is 79.9. The molecule has 6 heteroatoms. The number of ether oxygens (including phenoxy) is 1. The summed E-state index contributed by atoms with van der Waals surface area (Å²) in [6.45, 7) is 5.40. The molecule has 26 heavy (non-hydrogen) atoms. The first kappa shape index (κ1) is 20.0. The van der Waals surface area contributed by atoms with Crippen LogP contribution in [0.4, 0.5) is 5.69 Å². The standard InChI is InChI=1S/C20H22BrN3O2/c1-3-24(13-15(2)12-22)14-20(25)23-17-6-10-19(11-7-17)26-18-8-4-16(21)5-9-18/h4-11,15H,3,13-14H2,1-2H3,(H,23,25). The molecule has 0 bridgehead atoms. The number of anilines is 1. The number of hydrogen-bond acceptors (Lipinski definition) is 4. The molecule has 0 aliphatic heterocycles. The van der Waals surface area contributed by atoms with Crippen LogP contribution in [0.2, 0.25) is 0 Å². The summed E-state index contributed by atoms with van der Waals surface area (Å²) in [6.07, 6.45) is 0. The number of rotatable bonds is 8. The normalized spacial score (nSPS) is 11.7. The van der Waals surface area contributed by atoms with Gasteiger partial charge in [-0.15, -0.1) is 0 Å². The Hall–Kier alpha value is -2.36. The van der Waals surface area contributed by atoms with Crippen LogP contribution in [-0.4, -0.2) is 30.4 Å². The van der Waals surface area contributed by atoms with Gasteiger partial charge >= 0.3 is 0 Å². The van der Waals surface area contributed by atoms with E-state index in [2.05, 4.69) is 27.3 Å². The summed E-state index contributed by atoms with van der Waals surface area (Å²) in [7, 11) is 0. The Kier molecular flexibility index (Phi) is 7.64. The van der Waals surface area contributed by atoms with Gasteiger partial charge in [-0.1, -0.05) is 22.9 Å². The third-order valence-corrected chi connectivity index (χ3v) is 4.28. The van der Waals surface area contributed by atoms with Gasteiger partial charge in [0.2, 0.25) is 5.91 Å². The first-order valence-corrected chi connectivity index (χ1v) is 9.24. The molecule has 2 rings (SSSR count). The Bertz CT molecular complexity index is 754. The Morgan fingerprint density at radius 1 is 1.19 bits per heavy atom. The summed E-state index contributed by atoms with van der Waals surface area (Å²) in [5, 5.41) is 11.8.